The van der Waals surface area contributed by atoms with Gasteiger partial charge in [0.15, 0.2) is 5.76 Å². The van der Waals surface area contributed by atoms with Gasteiger partial charge in [-0.3, -0.25) is 4.79 Å². The third kappa shape index (κ3) is 3.85. The molecule has 0 radical (unpaired) electrons. The molecule has 26 heavy (non-hydrogen) atoms. The van der Waals surface area contributed by atoms with Gasteiger partial charge in [0.1, 0.15) is 23.3 Å². The highest BCUT2D eigenvalue weighted by Crippen LogP contribution is 2.31. The van der Waals surface area contributed by atoms with Crippen molar-refractivity contribution in [3.63, 3.8) is 0 Å². The van der Waals surface area contributed by atoms with Crippen LogP contribution in [0.25, 0.3) is 17.0 Å². The number of nitrogens with one attached hydrogen (secondary N) is 1. The highest BCUT2D eigenvalue weighted by atomic mass is 79.9. The smallest absolute Gasteiger partial charge is 0.291 e. The zero-order valence-corrected chi connectivity index (χ0v) is 16.3. The van der Waals surface area contributed by atoms with E-state index in [9.17, 15) is 4.79 Å². The maximum atomic E-state index is 12.4. The van der Waals surface area contributed by atoms with Gasteiger partial charge in [-0.05, 0) is 57.9 Å². The van der Waals surface area contributed by atoms with E-state index in [1.54, 1.807) is 42.5 Å². The normalized spacial score (nSPS) is 10.0. The van der Waals surface area contributed by atoms with Crippen molar-refractivity contribution in [2.45, 2.75) is 0 Å². The largest absolute Gasteiger partial charge is 0.450 e. The Balaban J connectivity index is 1.80. The molecule has 1 heterocycles. The molecule has 0 bridgehead atoms. The Morgan fingerprint density at radius 1 is 1.08 bits per heavy atom. The monoisotopic (exact) mass is 469 g/mol. The number of rotatable bonds is 3. The second-order valence-electron chi connectivity index (χ2n) is 5.27. The van der Waals surface area contributed by atoms with Crippen LogP contribution in [-0.4, -0.2) is 5.91 Å². The van der Waals surface area contributed by atoms with Gasteiger partial charge >= 0.3 is 0 Å². The van der Waals surface area contributed by atoms with Gasteiger partial charge < -0.3 is 9.73 Å². The van der Waals surface area contributed by atoms with Crippen molar-refractivity contribution >= 4 is 60.5 Å². The van der Waals surface area contributed by atoms with E-state index in [1.807, 2.05) is 12.1 Å². The molecule has 1 amide bonds. The lowest BCUT2D eigenvalue weighted by Crippen LogP contribution is -2.10. The van der Waals surface area contributed by atoms with Crippen molar-refractivity contribution in [3.8, 4) is 12.1 Å². The van der Waals surface area contributed by atoms with E-state index >= 15 is 0 Å². The van der Waals surface area contributed by atoms with Crippen LogP contribution in [0.1, 0.15) is 16.1 Å². The Morgan fingerprint density at radius 3 is 2.42 bits per heavy atom. The van der Waals surface area contributed by atoms with Crippen LogP contribution in [-0.2, 0) is 0 Å². The number of hydrogen-bond acceptors (Lipinski definition) is 4. The van der Waals surface area contributed by atoms with Crippen molar-refractivity contribution in [2.75, 3.05) is 5.32 Å². The molecule has 7 heteroatoms. The van der Waals surface area contributed by atoms with Gasteiger partial charge in [0.25, 0.3) is 5.91 Å². The Morgan fingerprint density at radius 2 is 1.77 bits per heavy atom. The minimum atomic E-state index is -0.373. The van der Waals surface area contributed by atoms with Gasteiger partial charge in [0, 0.05) is 15.5 Å². The summed E-state index contributed by atoms with van der Waals surface area (Å²) in [5, 5.41) is 21.1. The van der Waals surface area contributed by atoms with Gasteiger partial charge in [-0.15, -0.1) is 0 Å². The highest BCUT2D eigenvalue weighted by Gasteiger charge is 2.14. The van der Waals surface area contributed by atoms with Crippen LogP contribution in [0, 0.1) is 22.7 Å². The number of carbonyl (C=O) groups is 1. The molecule has 0 unspecified atom stereocenters. The minimum absolute atomic E-state index is 0.0146. The maximum absolute atomic E-state index is 12.4. The number of halogens is 2. The van der Waals surface area contributed by atoms with Crippen LogP contribution >= 0.6 is 31.9 Å². The topological polar surface area (TPSA) is 89.8 Å². The average Bonchev–Trinajstić information content (AvgIpc) is 3.05. The Hall–Kier alpha value is -2.87. The maximum Gasteiger partial charge on any atom is 0.291 e. The number of allylic oxidation sites excluding steroid dienone is 1. The fourth-order valence-electron chi connectivity index (χ4n) is 2.30. The molecule has 0 saturated heterocycles. The van der Waals surface area contributed by atoms with Crippen molar-refractivity contribution in [2.24, 2.45) is 0 Å². The molecule has 0 saturated carbocycles. The third-order valence-corrected chi connectivity index (χ3v) is 4.53. The van der Waals surface area contributed by atoms with E-state index in [0.29, 0.717) is 16.8 Å². The van der Waals surface area contributed by atoms with Gasteiger partial charge in [0.2, 0.25) is 0 Å². The van der Waals surface area contributed by atoms with E-state index in [1.165, 1.54) is 6.08 Å². The van der Waals surface area contributed by atoms with Crippen LogP contribution in [0.4, 0.5) is 5.69 Å². The first kappa shape index (κ1) is 17.9. The summed E-state index contributed by atoms with van der Waals surface area (Å²) in [7, 11) is 0. The number of fused-ring (bicyclic) bond motifs is 1. The molecule has 1 aromatic heterocycles. The summed E-state index contributed by atoms with van der Waals surface area (Å²) in [4.78, 5) is 12.4. The van der Waals surface area contributed by atoms with E-state index in [0.717, 1.165) is 14.3 Å². The number of carbonyl (C=O) groups excluding carboxylic acids is 1. The highest BCUT2D eigenvalue weighted by molar-refractivity contribution is 9.11. The molecule has 0 fully saturated rings. The minimum Gasteiger partial charge on any atom is -0.450 e. The molecule has 3 aromatic rings. The first-order valence-corrected chi connectivity index (χ1v) is 8.90. The number of anilines is 1. The third-order valence-electron chi connectivity index (χ3n) is 3.48. The Labute approximate surface area is 165 Å². The number of furan rings is 1. The molecule has 0 atom stereocenters. The Bertz CT molecular complexity index is 1100. The zero-order valence-electron chi connectivity index (χ0n) is 13.1. The van der Waals surface area contributed by atoms with Crippen molar-refractivity contribution in [1.29, 1.82) is 10.5 Å². The molecule has 0 aliphatic heterocycles. The first-order chi connectivity index (χ1) is 12.5. The molecule has 1 N–H and O–H groups in total. The summed E-state index contributed by atoms with van der Waals surface area (Å²) < 4.78 is 7.26. The van der Waals surface area contributed by atoms with Gasteiger partial charge in [-0.2, -0.15) is 10.5 Å². The van der Waals surface area contributed by atoms with Crippen LogP contribution in [0.15, 0.2) is 61.4 Å². The molecule has 0 spiro atoms. The summed E-state index contributed by atoms with van der Waals surface area (Å²) >= 11 is 6.81. The van der Waals surface area contributed by atoms with Crippen LogP contribution in [0.3, 0.4) is 0 Å². The van der Waals surface area contributed by atoms with E-state index < -0.39 is 0 Å². The zero-order chi connectivity index (χ0) is 18.7. The Kier molecular flexibility index (Phi) is 5.22. The lowest BCUT2D eigenvalue weighted by molar-refractivity contribution is 0.0998. The number of nitriles is 2. The number of benzene rings is 2. The van der Waals surface area contributed by atoms with E-state index in [4.69, 9.17) is 14.9 Å². The molecule has 126 valence electrons. The average molecular weight is 471 g/mol. The second kappa shape index (κ2) is 7.57. The molecular formula is C19H9Br2N3O2. The molecule has 5 nitrogen and oxygen atoms in total. The van der Waals surface area contributed by atoms with Crippen molar-refractivity contribution in [3.05, 3.63) is 68.3 Å². The van der Waals surface area contributed by atoms with E-state index in [-0.39, 0.29) is 17.2 Å². The van der Waals surface area contributed by atoms with Crippen LogP contribution < -0.4 is 5.32 Å². The predicted octanol–water partition coefficient (Wildman–Crippen LogP) is 5.64. The lowest BCUT2D eigenvalue weighted by atomic mass is 10.1. The molecule has 0 aliphatic rings. The SMILES string of the molecule is N#CC(C#N)=Cc1ccc(NC(=O)c2cc3cc(Br)cc(Br)c3o2)cc1. The summed E-state index contributed by atoms with van der Waals surface area (Å²) in [6.45, 7) is 0. The predicted molar refractivity (Wildman–Crippen MR) is 105 cm³/mol. The fourth-order valence-corrected chi connectivity index (χ4v) is 3.64. The standard InChI is InChI=1S/C19H9Br2N3O2/c20-14-6-13-7-17(26-18(13)16(21)8-14)19(25)24-15-3-1-11(2-4-15)5-12(9-22)10-23/h1-8H,(H,24,25). The van der Waals surface area contributed by atoms with Gasteiger partial charge in [-0.25, -0.2) is 0 Å². The van der Waals surface area contributed by atoms with Crippen LogP contribution in [0.2, 0.25) is 0 Å². The van der Waals surface area contributed by atoms with Gasteiger partial charge in [-0.1, -0.05) is 28.1 Å². The quantitative estimate of drug-likeness (QED) is 0.501. The molecule has 2 aromatic carbocycles. The second-order valence-corrected chi connectivity index (χ2v) is 7.04. The first-order valence-electron chi connectivity index (χ1n) is 7.32. The summed E-state index contributed by atoms with van der Waals surface area (Å²) in [5.74, 6) is -0.179. The molecule has 3 rings (SSSR count). The molecular weight excluding hydrogens is 462 g/mol. The summed E-state index contributed by atoms with van der Waals surface area (Å²) in [6.07, 6.45) is 1.47. The number of amides is 1. The lowest BCUT2D eigenvalue weighted by Gasteiger charge is -2.03. The van der Waals surface area contributed by atoms with Crippen molar-refractivity contribution in [1.82, 2.24) is 0 Å². The molecule has 0 aliphatic carbocycles. The van der Waals surface area contributed by atoms with E-state index in [2.05, 4.69) is 37.2 Å². The van der Waals surface area contributed by atoms with Crippen molar-refractivity contribution < 1.29 is 9.21 Å². The number of nitrogens with zero attached hydrogens (tertiary/aromatic N) is 2. The number of hydrogen-bond donors (Lipinski definition) is 1. The summed E-state index contributed by atoms with van der Waals surface area (Å²) in [6, 6.07) is 15.8. The fraction of sp³-hybridized carbons (Fsp3) is 0. The van der Waals surface area contributed by atoms with Gasteiger partial charge in [0.05, 0.1) is 4.47 Å². The summed E-state index contributed by atoms with van der Waals surface area (Å²) in [5.41, 5.74) is 1.88. The van der Waals surface area contributed by atoms with Crippen LogP contribution in [0.5, 0.6) is 0 Å².